The maximum Gasteiger partial charge on any atom is 0.230 e. The van der Waals surface area contributed by atoms with E-state index >= 15 is 0 Å². The van der Waals surface area contributed by atoms with Crippen molar-refractivity contribution in [2.45, 2.75) is 95.4 Å². The van der Waals surface area contributed by atoms with Gasteiger partial charge in [0, 0.05) is 26.1 Å². The van der Waals surface area contributed by atoms with Crippen LogP contribution in [0.4, 0.5) is 0 Å². The van der Waals surface area contributed by atoms with Gasteiger partial charge in [-0.1, -0.05) is 111 Å². The Morgan fingerprint density at radius 2 is 1.15 bits per heavy atom. The van der Waals surface area contributed by atoms with Gasteiger partial charge in [-0.05, 0) is 48.8 Å². The molecule has 0 aliphatic carbocycles. The van der Waals surface area contributed by atoms with Gasteiger partial charge >= 0.3 is 0 Å². The first-order valence-corrected chi connectivity index (χ1v) is 14.0. The zero-order chi connectivity index (χ0) is 32.5. The van der Waals surface area contributed by atoms with E-state index in [1.165, 1.54) is 19.5 Å². The Bertz CT molecular complexity index is 920. The van der Waals surface area contributed by atoms with E-state index < -0.39 is 5.92 Å². The number of ketones is 2. The van der Waals surface area contributed by atoms with Gasteiger partial charge in [-0.25, -0.2) is 0 Å². The van der Waals surface area contributed by atoms with Gasteiger partial charge in [0.05, 0.1) is 5.92 Å². The smallest absolute Gasteiger partial charge is 0.230 e. The number of nitrogens with one attached hydrogen (secondary N) is 1. The molecule has 2 unspecified atom stereocenters. The number of aliphatic hydroxyl groups is 1. The van der Waals surface area contributed by atoms with Gasteiger partial charge in [0.1, 0.15) is 12.1 Å². The number of aldehydes is 1. The molecule has 0 aliphatic heterocycles. The van der Waals surface area contributed by atoms with E-state index in [9.17, 15) is 19.2 Å². The third-order valence-electron chi connectivity index (χ3n) is 4.80. The first kappa shape index (κ1) is 43.9. The van der Waals surface area contributed by atoms with Crippen LogP contribution in [0.1, 0.15) is 111 Å². The van der Waals surface area contributed by atoms with Crippen molar-refractivity contribution in [2.24, 2.45) is 11.3 Å². The van der Waals surface area contributed by atoms with Crippen LogP contribution in [0, 0.1) is 11.3 Å². The summed E-state index contributed by atoms with van der Waals surface area (Å²) in [6.45, 7) is 23.4. The first-order valence-electron chi connectivity index (χ1n) is 14.0. The molecule has 0 saturated heterocycles. The molecule has 2 atom stereocenters. The highest BCUT2D eigenvalue weighted by Crippen LogP contribution is 2.24. The summed E-state index contributed by atoms with van der Waals surface area (Å²) in [5.74, 6) is -0.497. The Hall–Kier alpha value is -3.12. The molecule has 2 aromatic carbocycles. The molecule has 228 valence electrons. The molecule has 6 nitrogen and oxygen atoms in total. The standard InChI is InChI=1S/C18H18O2.C6H11NO2.C5H12.2C2H6.CH4O/c1-13(11-12-19)15-3-7-17(8-4-15)18-9-5-16(6-10-18)14(2)20;1-4(5(2)8)6(9)7-3;1-5(2,3)4;3*1-2/h3-10,12-13H,11H2,1-2H3;4H,1-3H3,(H,7,9);1-4H3;2*1-2H3;2H,1H3. The lowest BCUT2D eigenvalue weighted by Crippen LogP contribution is -2.29. The number of hydrogen-bond donors (Lipinski definition) is 2. The summed E-state index contributed by atoms with van der Waals surface area (Å²) >= 11 is 0. The monoisotopic (exact) mass is 559 g/mol. The minimum absolute atomic E-state index is 0.0783. The number of aliphatic hydroxyl groups excluding tert-OH is 1. The fourth-order valence-electron chi connectivity index (χ4n) is 2.58. The minimum atomic E-state index is -0.505. The molecule has 0 radical (unpaired) electrons. The summed E-state index contributed by atoms with van der Waals surface area (Å²) in [5, 5.41) is 9.39. The number of carbonyl (C=O) groups excluding carboxylic acids is 4. The van der Waals surface area contributed by atoms with Crippen LogP contribution in [0.15, 0.2) is 48.5 Å². The number of rotatable bonds is 7. The third kappa shape index (κ3) is 22.8. The quantitative estimate of drug-likeness (QED) is 0.204. The molecule has 0 aromatic heterocycles. The fraction of sp³-hybridized carbons (Fsp3) is 0.529. The van der Waals surface area contributed by atoms with E-state index in [0.29, 0.717) is 11.8 Å². The maximum absolute atomic E-state index is 11.2. The number of amides is 1. The van der Waals surface area contributed by atoms with E-state index in [-0.39, 0.29) is 23.4 Å². The van der Waals surface area contributed by atoms with Crippen molar-refractivity contribution in [1.82, 2.24) is 5.32 Å². The van der Waals surface area contributed by atoms with E-state index in [2.05, 4.69) is 57.3 Å². The highest BCUT2D eigenvalue weighted by atomic mass is 16.2. The predicted molar refractivity (Wildman–Crippen MR) is 171 cm³/mol. The molecule has 0 heterocycles. The molecule has 40 heavy (non-hydrogen) atoms. The van der Waals surface area contributed by atoms with Crippen LogP contribution in [0.25, 0.3) is 11.1 Å². The van der Waals surface area contributed by atoms with Gasteiger partial charge in [0.25, 0.3) is 0 Å². The normalized spacial score (nSPS) is 10.7. The van der Waals surface area contributed by atoms with Crippen LogP contribution in [-0.2, 0) is 14.4 Å². The lowest BCUT2D eigenvalue weighted by Gasteiger charge is -2.09. The van der Waals surface area contributed by atoms with Gasteiger partial charge in [-0.2, -0.15) is 0 Å². The third-order valence-corrected chi connectivity index (χ3v) is 4.80. The predicted octanol–water partition coefficient (Wildman–Crippen LogP) is 7.92. The molecule has 0 saturated carbocycles. The Morgan fingerprint density at radius 3 is 1.40 bits per heavy atom. The van der Waals surface area contributed by atoms with Crippen molar-refractivity contribution >= 4 is 23.8 Å². The zero-order valence-corrected chi connectivity index (χ0v) is 27.6. The second kappa shape index (κ2) is 26.1. The van der Waals surface area contributed by atoms with Crippen LogP contribution in [0.3, 0.4) is 0 Å². The van der Waals surface area contributed by atoms with Crippen molar-refractivity contribution < 1.29 is 24.3 Å². The van der Waals surface area contributed by atoms with Crippen LogP contribution in [0.2, 0.25) is 0 Å². The van der Waals surface area contributed by atoms with Crippen LogP contribution in [-0.4, -0.2) is 43.0 Å². The van der Waals surface area contributed by atoms with Crippen molar-refractivity contribution in [3.63, 3.8) is 0 Å². The summed E-state index contributed by atoms with van der Waals surface area (Å²) in [6, 6.07) is 15.8. The highest BCUT2D eigenvalue weighted by molar-refractivity contribution is 5.99. The van der Waals surface area contributed by atoms with Crippen molar-refractivity contribution in [3.05, 3.63) is 59.7 Å². The molecule has 1 amide bonds. The molecule has 2 rings (SSSR count). The van der Waals surface area contributed by atoms with Gasteiger partial charge in [0.15, 0.2) is 5.78 Å². The molecule has 0 spiro atoms. The van der Waals surface area contributed by atoms with Crippen LogP contribution < -0.4 is 5.32 Å². The molecule has 2 aromatic rings. The Morgan fingerprint density at radius 1 is 0.800 bits per heavy atom. The highest BCUT2D eigenvalue weighted by Gasteiger charge is 2.14. The largest absolute Gasteiger partial charge is 0.400 e. The molecule has 0 bridgehead atoms. The number of benzene rings is 2. The summed E-state index contributed by atoms with van der Waals surface area (Å²) in [6.07, 6.45) is 1.51. The summed E-state index contributed by atoms with van der Waals surface area (Å²) in [5.41, 5.74) is 4.60. The molecular weight excluding hydrogens is 502 g/mol. The Labute approximate surface area is 245 Å². The van der Waals surface area contributed by atoms with E-state index in [4.69, 9.17) is 5.11 Å². The van der Waals surface area contributed by atoms with Crippen molar-refractivity contribution in [3.8, 4) is 11.1 Å². The Kier molecular flexibility index (Phi) is 28.7. The van der Waals surface area contributed by atoms with E-state index in [0.717, 1.165) is 30.1 Å². The molecule has 0 fully saturated rings. The molecular formula is C34H57NO5. The van der Waals surface area contributed by atoms with Gasteiger partial charge in [-0.3, -0.25) is 14.4 Å². The van der Waals surface area contributed by atoms with Gasteiger partial charge in [0.2, 0.25) is 5.91 Å². The average Bonchev–Trinajstić information content (AvgIpc) is 2.95. The van der Waals surface area contributed by atoms with Gasteiger partial charge < -0.3 is 15.2 Å². The Balaban J connectivity index is -0.000000270. The maximum atomic E-state index is 11.2. The van der Waals surface area contributed by atoms with Crippen LogP contribution >= 0.6 is 0 Å². The zero-order valence-electron chi connectivity index (χ0n) is 27.6. The molecule has 6 heteroatoms. The van der Waals surface area contributed by atoms with E-state index in [1.807, 2.05) is 58.9 Å². The average molecular weight is 560 g/mol. The van der Waals surface area contributed by atoms with Gasteiger partial charge in [-0.15, -0.1) is 0 Å². The van der Waals surface area contributed by atoms with Crippen molar-refractivity contribution in [2.75, 3.05) is 14.2 Å². The second-order valence-corrected chi connectivity index (χ2v) is 10.0. The number of hydrogen-bond acceptors (Lipinski definition) is 5. The molecule has 0 aliphatic rings. The second-order valence-electron chi connectivity index (χ2n) is 10.0. The SMILES string of the molecule is CC.CC.CC(=O)c1ccc(-c2ccc(C(C)CC=O)cc2)cc1.CC(C)(C)C.CNC(=O)C(C)C(C)=O.CO. The minimum Gasteiger partial charge on any atom is -0.400 e. The topological polar surface area (TPSA) is 101 Å². The lowest BCUT2D eigenvalue weighted by atomic mass is 9.95. The number of Topliss-reactive ketones (excluding diaryl/α,β-unsaturated/α-hetero) is 2. The fourth-order valence-corrected chi connectivity index (χ4v) is 2.58. The summed E-state index contributed by atoms with van der Waals surface area (Å²) in [7, 11) is 2.52. The first-order chi connectivity index (χ1) is 18.7. The summed E-state index contributed by atoms with van der Waals surface area (Å²) < 4.78 is 0. The number of carbonyl (C=O) groups is 4. The molecule has 2 N–H and O–H groups in total. The lowest BCUT2D eigenvalue weighted by molar-refractivity contribution is -0.131. The summed E-state index contributed by atoms with van der Waals surface area (Å²) in [4.78, 5) is 42.9. The van der Waals surface area contributed by atoms with Crippen LogP contribution in [0.5, 0.6) is 0 Å². The van der Waals surface area contributed by atoms with E-state index in [1.54, 1.807) is 13.8 Å². The van der Waals surface area contributed by atoms with Crippen molar-refractivity contribution in [1.29, 1.82) is 0 Å².